The van der Waals surface area contributed by atoms with Gasteiger partial charge in [0.2, 0.25) is 0 Å². The summed E-state index contributed by atoms with van der Waals surface area (Å²) in [4.78, 5) is 2.51. The molecule has 0 saturated carbocycles. The van der Waals surface area contributed by atoms with E-state index in [2.05, 4.69) is 104 Å². The van der Waals surface area contributed by atoms with E-state index in [1.165, 1.54) is 34.2 Å². The van der Waals surface area contributed by atoms with Crippen LogP contribution in [-0.4, -0.2) is 39.5 Å². The Kier molecular flexibility index (Phi) is 6.10. The molecule has 1 aliphatic carbocycles. The second-order valence-corrected chi connectivity index (χ2v) is 8.93. The van der Waals surface area contributed by atoms with Gasteiger partial charge in [0.15, 0.2) is 0 Å². The highest BCUT2D eigenvalue weighted by Gasteiger charge is 2.30. The zero-order chi connectivity index (χ0) is 22.8. The van der Waals surface area contributed by atoms with E-state index < -0.39 is 0 Å². The molecule has 168 valence electrons. The largest absolute Gasteiger partial charge is 0.304 e. The third-order valence-electron chi connectivity index (χ3n) is 6.99. The molecule has 0 aliphatic heterocycles. The molecule has 1 heterocycles. The van der Waals surface area contributed by atoms with Gasteiger partial charge in [-0.1, -0.05) is 85.3 Å². The number of benzene rings is 3. The highest BCUT2D eigenvalue weighted by Crippen LogP contribution is 2.46. The normalized spacial score (nSPS) is 14.5. The Morgan fingerprint density at radius 2 is 1.45 bits per heavy atom. The molecule has 1 atom stereocenters. The van der Waals surface area contributed by atoms with Crippen LogP contribution in [0.3, 0.4) is 0 Å². The molecule has 1 unspecified atom stereocenters. The lowest BCUT2D eigenvalue weighted by Gasteiger charge is -2.23. The van der Waals surface area contributed by atoms with Crippen LogP contribution in [-0.2, 0) is 0 Å². The Labute approximate surface area is 196 Å². The van der Waals surface area contributed by atoms with Gasteiger partial charge in [0, 0.05) is 17.0 Å². The molecule has 0 radical (unpaired) electrons. The summed E-state index contributed by atoms with van der Waals surface area (Å²) in [6, 6.07) is 26.2. The number of hydrogen-bond donors (Lipinski definition) is 0. The average Bonchev–Trinajstić information content (AvgIpc) is 3.25. The highest BCUT2D eigenvalue weighted by molar-refractivity contribution is 5.85. The van der Waals surface area contributed by atoms with E-state index >= 15 is 0 Å². The average molecular weight is 437 g/mol. The molecule has 4 nitrogen and oxygen atoms in total. The molecule has 0 amide bonds. The lowest BCUT2D eigenvalue weighted by Crippen LogP contribution is -2.24. The minimum absolute atomic E-state index is 0.341. The Hall–Kier alpha value is -3.24. The summed E-state index contributed by atoms with van der Waals surface area (Å²) >= 11 is 0. The minimum Gasteiger partial charge on any atom is -0.304 e. The first kappa shape index (κ1) is 21.6. The van der Waals surface area contributed by atoms with Crippen molar-refractivity contribution in [3.8, 4) is 28.2 Å². The van der Waals surface area contributed by atoms with Gasteiger partial charge in [-0.2, -0.15) is 0 Å². The van der Waals surface area contributed by atoms with Gasteiger partial charge in [-0.25, -0.2) is 4.68 Å². The Morgan fingerprint density at radius 3 is 2.15 bits per heavy atom. The first-order valence-electron chi connectivity index (χ1n) is 12.1. The molecule has 4 aromatic rings. The highest BCUT2D eigenvalue weighted by atomic mass is 15.4. The van der Waals surface area contributed by atoms with Crippen LogP contribution in [0.1, 0.15) is 49.3 Å². The topological polar surface area (TPSA) is 34.0 Å². The summed E-state index contributed by atoms with van der Waals surface area (Å²) < 4.78 is 2.02. The molecule has 33 heavy (non-hydrogen) atoms. The zero-order valence-electron chi connectivity index (χ0n) is 19.8. The molecule has 1 aliphatic rings. The maximum absolute atomic E-state index is 4.73. The number of hydrogen-bond acceptors (Lipinski definition) is 3. The van der Waals surface area contributed by atoms with Crippen LogP contribution in [0.4, 0.5) is 0 Å². The molecule has 0 saturated heterocycles. The van der Waals surface area contributed by atoms with Crippen molar-refractivity contribution in [2.75, 3.05) is 19.6 Å². The standard InChI is InChI=1S/C29H32N4/c1-4-32(5-2)20-10-15-23-24-11-6-8-13-26(24)28-29(27-14-9-7-12-25(23)27)33(31-30-28)22-18-16-21(3)17-19-22/h6-9,11-14,16-19,23H,4-5,10,15,20H2,1-3H3. The molecule has 0 spiro atoms. The molecule has 1 aromatic heterocycles. The van der Waals surface area contributed by atoms with Crippen molar-refractivity contribution in [2.24, 2.45) is 0 Å². The first-order valence-corrected chi connectivity index (χ1v) is 12.1. The fourth-order valence-corrected chi connectivity index (χ4v) is 5.14. The van der Waals surface area contributed by atoms with E-state index in [4.69, 9.17) is 5.10 Å². The van der Waals surface area contributed by atoms with Gasteiger partial charge >= 0.3 is 0 Å². The van der Waals surface area contributed by atoms with Gasteiger partial charge < -0.3 is 4.90 Å². The van der Waals surface area contributed by atoms with E-state index in [9.17, 15) is 0 Å². The fourth-order valence-electron chi connectivity index (χ4n) is 5.14. The maximum atomic E-state index is 4.73. The van der Waals surface area contributed by atoms with Gasteiger partial charge in [-0.15, -0.1) is 5.10 Å². The van der Waals surface area contributed by atoms with E-state index in [-0.39, 0.29) is 0 Å². The van der Waals surface area contributed by atoms with Crippen molar-refractivity contribution in [3.05, 3.63) is 89.5 Å². The lowest BCUT2D eigenvalue weighted by molar-refractivity contribution is 0.295. The van der Waals surface area contributed by atoms with Gasteiger partial charge in [0.05, 0.1) is 5.69 Å². The fraction of sp³-hybridized carbons (Fsp3) is 0.310. The number of nitrogens with zero attached hydrogens (tertiary/aromatic N) is 4. The van der Waals surface area contributed by atoms with Crippen LogP contribution in [0, 0.1) is 6.92 Å². The molecule has 0 fully saturated rings. The third-order valence-corrected chi connectivity index (χ3v) is 6.99. The predicted octanol–water partition coefficient (Wildman–Crippen LogP) is 6.48. The summed E-state index contributed by atoms with van der Waals surface area (Å²) in [5.74, 6) is 0.341. The molecule has 3 aromatic carbocycles. The Morgan fingerprint density at radius 1 is 0.818 bits per heavy atom. The van der Waals surface area contributed by atoms with Crippen molar-refractivity contribution < 1.29 is 0 Å². The minimum atomic E-state index is 0.341. The predicted molar refractivity (Wildman–Crippen MR) is 136 cm³/mol. The second-order valence-electron chi connectivity index (χ2n) is 8.93. The van der Waals surface area contributed by atoms with Gasteiger partial charge in [0.25, 0.3) is 0 Å². The van der Waals surface area contributed by atoms with E-state index in [0.717, 1.165) is 43.1 Å². The molecular formula is C29H32N4. The van der Waals surface area contributed by atoms with Gasteiger partial charge in [0.1, 0.15) is 11.4 Å². The van der Waals surface area contributed by atoms with Crippen LogP contribution >= 0.6 is 0 Å². The van der Waals surface area contributed by atoms with Crippen LogP contribution in [0.25, 0.3) is 28.2 Å². The summed E-state index contributed by atoms with van der Waals surface area (Å²) in [6.07, 6.45) is 2.29. The Balaban J connectivity index is 1.65. The number of rotatable bonds is 7. The van der Waals surface area contributed by atoms with Crippen molar-refractivity contribution in [3.63, 3.8) is 0 Å². The van der Waals surface area contributed by atoms with E-state index in [1.54, 1.807) is 0 Å². The van der Waals surface area contributed by atoms with Crippen LogP contribution in [0.15, 0.2) is 72.8 Å². The summed E-state index contributed by atoms with van der Waals surface area (Å²) in [6.45, 7) is 9.96. The summed E-state index contributed by atoms with van der Waals surface area (Å²) in [5, 5.41) is 9.36. The zero-order valence-corrected chi connectivity index (χ0v) is 19.8. The first-order chi connectivity index (χ1) is 16.2. The van der Waals surface area contributed by atoms with Crippen molar-refractivity contribution in [1.82, 2.24) is 19.9 Å². The maximum Gasteiger partial charge on any atom is 0.121 e. The van der Waals surface area contributed by atoms with E-state index in [1.807, 2.05) is 4.68 Å². The van der Waals surface area contributed by atoms with Crippen molar-refractivity contribution in [1.29, 1.82) is 0 Å². The molecule has 5 rings (SSSR count). The SMILES string of the molecule is CCN(CC)CCCC1c2ccccc2-c2nnn(-c3ccc(C)cc3)c2-c2ccccc21. The quantitative estimate of drug-likeness (QED) is 0.333. The monoisotopic (exact) mass is 436 g/mol. The lowest BCUT2D eigenvalue weighted by atomic mass is 9.84. The second kappa shape index (κ2) is 9.32. The van der Waals surface area contributed by atoms with Gasteiger partial charge in [-0.3, -0.25) is 0 Å². The number of aryl methyl sites for hydroxylation is 1. The van der Waals surface area contributed by atoms with Gasteiger partial charge in [-0.05, 0) is 62.7 Å². The van der Waals surface area contributed by atoms with E-state index in [0.29, 0.717) is 5.92 Å². The smallest absolute Gasteiger partial charge is 0.121 e. The van der Waals surface area contributed by atoms with Crippen LogP contribution in [0.2, 0.25) is 0 Å². The molecule has 0 N–H and O–H groups in total. The Bertz CT molecular complexity index is 1230. The summed E-state index contributed by atoms with van der Waals surface area (Å²) in [5.41, 5.74) is 9.53. The third kappa shape index (κ3) is 4.00. The van der Waals surface area contributed by atoms with Crippen molar-refractivity contribution >= 4 is 0 Å². The number of fused-ring (bicyclic) bond motifs is 5. The van der Waals surface area contributed by atoms with Crippen LogP contribution < -0.4 is 0 Å². The molecule has 0 bridgehead atoms. The van der Waals surface area contributed by atoms with Crippen LogP contribution in [0.5, 0.6) is 0 Å². The molecular weight excluding hydrogens is 404 g/mol. The molecule has 4 heteroatoms. The number of aromatic nitrogens is 3. The van der Waals surface area contributed by atoms with Crippen molar-refractivity contribution in [2.45, 2.75) is 39.5 Å². The summed E-state index contributed by atoms with van der Waals surface area (Å²) in [7, 11) is 0.